The first-order chi connectivity index (χ1) is 18.0. The summed E-state index contributed by atoms with van der Waals surface area (Å²) in [6.07, 6.45) is 1.81. The fraction of sp³-hybridized carbons (Fsp3) is 0.310. The summed E-state index contributed by atoms with van der Waals surface area (Å²) >= 11 is 0. The van der Waals surface area contributed by atoms with Crippen LogP contribution in [0, 0.1) is 0 Å². The van der Waals surface area contributed by atoms with E-state index in [9.17, 15) is 9.59 Å². The van der Waals surface area contributed by atoms with E-state index >= 15 is 0 Å². The number of likely N-dealkylation sites (tertiary alicyclic amines) is 1. The second kappa shape index (κ2) is 10.9. The van der Waals surface area contributed by atoms with E-state index < -0.39 is 12.1 Å². The van der Waals surface area contributed by atoms with Crippen molar-refractivity contribution in [1.82, 2.24) is 25.2 Å². The molecule has 0 saturated carbocycles. The van der Waals surface area contributed by atoms with E-state index in [0.717, 1.165) is 27.7 Å². The van der Waals surface area contributed by atoms with Crippen LogP contribution in [0.3, 0.4) is 0 Å². The first-order valence-electron chi connectivity index (χ1n) is 12.7. The van der Waals surface area contributed by atoms with Gasteiger partial charge in [0, 0.05) is 26.1 Å². The number of benzene rings is 3. The van der Waals surface area contributed by atoms with Gasteiger partial charge in [0.25, 0.3) is 0 Å². The highest BCUT2D eigenvalue weighted by atomic mass is 16.2. The molecular formula is C29H32N6O2. The summed E-state index contributed by atoms with van der Waals surface area (Å²) in [7, 11) is 1.84. The van der Waals surface area contributed by atoms with Gasteiger partial charge in [0.15, 0.2) is 0 Å². The Bertz CT molecular complexity index is 1370. The highest BCUT2D eigenvalue weighted by molar-refractivity contribution is 5.90. The molecule has 1 saturated heterocycles. The lowest BCUT2D eigenvalue weighted by atomic mass is 9.96. The van der Waals surface area contributed by atoms with Gasteiger partial charge in [-0.05, 0) is 48.1 Å². The Balaban J connectivity index is 1.28. The van der Waals surface area contributed by atoms with Crippen LogP contribution >= 0.6 is 0 Å². The molecular weight excluding hydrogens is 464 g/mol. The lowest BCUT2D eigenvalue weighted by Crippen LogP contribution is -2.51. The third kappa shape index (κ3) is 5.54. The highest BCUT2D eigenvalue weighted by Gasteiger charge is 2.41. The SMILES string of the molecule is Cn1nnc2cc(CNC(=O)C3CC(c4ccccc4)CN3C(=O)C(N)CCc3ccccc3)ccc21. The Morgan fingerprint density at radius 3 is 2.51 bits per heavy atom. The number of aryl methyl sites for hydroxylation is 2. The summed E-state index contributed by atoms with van der Waals surface area (Å²) in [5.74, 6) is -0.255. The fourth-order valence-corrected chi connectivity index (χ4v) is 5.10. The van der Waals surface area contributed by atoms with Crippen molar-refractivity contribution in [3.8, 4) is 0 Å². The summed E-state index contributed by atoms with van der Waals surface area (Å²) in [6, 6.07) is 24.7. The summed E-state index contributed by atoms with van der Waals surface area (Å²) in [4.78, 5) is 28.6. The Hall–Kier alpha value is -4.04. The fourth-order valence-electron chi connectivity index (χ4n) is 5.10. The zero-order valence-corrected chi connectivity index (χ0v) is 21.0. The number of nitrogens with two attached hydrogens (primary N) is 1. The molecule has 4 aromatic rings. The van der Waals surface area contributed by atoms with Crippen LogP contribution in [0.5, 0.6) is 0 Å². The van der Waals surface area contributed by atoms with Gasteiger partial charge in [-0.1, -0.05) is 71.9 Å². The number of carbonyl (C=O) groups is 2. The van der Waals surface area contributed by atoms with Gasteiger partial charge in [-0.25, -0.2) is 4.68 Å². The number of rotatable bonds is 8. The number of amides is 2. The van der Waals surface area contributed by atoms with E-state index in [1.54, 1.807) is 9.58 Å². The maximum Gasteiger partial charge on any atom is 0.243 e. The largest absolute Gasteiger partial charge is 0.350 e. The molecule has 37 heavy (non-hydrogen) atoms. The van der Waals surface area contributed by atoms with Crippen molar-refractivity contribution in [1.29, 1.82) is 0 Å². The van der Waals surface area contributed by atoms with Crippen molar-refractivity contribution in [3.63, 3.8) is 0 Å². The number of fused-ring (bicyclic) bond motifs is 1. The van der Waals surface area contributed by atoms with Crippen LogP contribution in [0.4, 0.5) is 0 Å². The molecule has 5 rings (SSSR count). The minimum Gasteiger partial charge on any atom is -0.350 e. The first-order valence-corrected chi connectivity index (χ1v) is 12.7. The quantitative estimate of drug-likeness (QED) is 0.390. The Kier molecular flexibility index (Phi) is 7.28. The van der Waals surface area contributed by atoms with E-state index in [0.29, 0.717) is 32.4 Å². The van der Waals surface area contributed by atoms with Crippen LogP contribution in [-0.4, -0.2) is 50.3 Å². The molecule has 3 aromatic carbocycles. The highest BCUT2D eigenvalue weighted by Crippen LogP contribution is 2.32. The Morgan fingerprint density at radius 2 is 1.76 bits per heavy atom. The zero-order chi connectivity index (χ0) is 25.8. The Labute approximate surface area is 216 Å². The average Bonchev–Trinajstić information content (AvgIpc) is 3.55. The molecule has 0 bridgehead atoms. The van der Waals surface area contributed by atoms with E-state index in [-0.39, 0.29) is 17.7 Å². The molecule has 1 aliphatic rings. The molecule has 190 valence electrons. The maximum atomic E-state index is 13.5. The van der Waals surface area contributed by atoms with E-state index in [1.807, 2.05) is 73.8 Å². The first kappa shape index (κ1) is 24.6. The molecule has 3 atom stereocenters. The van der Waals surface area contributed by atoms with Crippen LogP contribution in [-0.2, 0) is 29.6 Å². The van der Waals surface area contributed by atoms with Gasteiger partial charge in [-0.2, -0.15) is 0 Å². The molecule has 8 heteroatoms. The number of aromatic nitrogens is 3. The van der Waals surface area contributed by atoms with Gasteiger partial charge in [0.2, 0.25) is 11.8 Å². The van der Waals surface area contributed by atoms with Crippen LogP contribution < -0.4 is 11.1 Å². The minimum absolute atomic E-state index is 0.0816. The van der Waals surface area contributed by atoms with Gasteiger partial charge < -0.3 is 16.0 Å². The van der Waals surface area contributed by atoms with E-state index in [2.05, 4.69) is 27.8 Å². The summed E-state index contributed by atoms with van der Waals surface area (Å²) < 4.78 is 1.71. The van der Waals surface area contributed by atoms with Crippen LogP contribution in [0.15, 0.2) is 78.9 Å². The third-order valence-electron chi connectivity index (χ3n) is 7.20. The van der Waals surface area contributed by atoms with E-state index in [1.165, 1.54) is 0 Å². The molecule has 2 heterocycles. The van der Waals surface area contributed by atoms with Crippen molar-refractivity contribution < 1.29 is 9.59 Å². The van der Waals surface area contributed by atoms with Gasteiger partial charge in [0.05, 0.1) is 11.6 Å². The summed E-state index contributed by atoms with van der Waals surface area (Å²) in [5, 5.41) is 11.2. The molecule has 8 nitrogen and oxygen atoms in total. The predicted octanol–water partition coefficient (Wildman–Crippen LogP) is 2.93. The normalized spacial score (nSPS) is 18.2. The molecule has 1 fully saturated rings. The lowest BCUT2D eigenvalue weighted by molar-refractivity contribution is -0.139. The van der Waals surface area contributed by atoms with Crippen molar-refractivity contribution in [2.24, 2.45) is 12.8 Å². The topological polar surface area (TPSA) is 106 Å². The lowest BCUT2D eigenvalue weighted by Gasteiger charge is -2.27. The molecule has 0 aliphatic carbocycles. The second-order valence-electron chi connectivity index (χ2n) is 9.73. The minimum atomic E-state index is -0.663. The van der Waals surface area contributed by atoms with Gasteiger partial charge >= 0.3 is 0 Å². The second-order valence-corrected chi connectivity index (χ2v) is 9.73. The van der Waals surface area contributed by atoms with Gasteiger partial charge in [-0.15, -0.1) is 5.10 Å². The molecule has 0 radical (unpaired) electrons. The number of nitrogens with zero attached hydrogens (tertiary/aromatic N) is 4. The molecule has 3 N–H and O–H groups in total. The van der Waals surface area contributed by atoms with Crippen molar-refractivity contribution in [3.05, 3.63) is 95.6 Å². The summed E-state index contributed by atoms with van der Waals surface area (Å²) in [6.45, 7) is 0.825. The van der Waals surface area contributed by atoms with Crippen molar-refractivity contribution in [2.45, 2.75) is 43.8 Å². The van der Waals surface area contributed by atoms with Gasteiger partial charge in [-0.3, -0.25) is 9.59 Å². The smallest absolute Gasteiger partial charge is 0.243 e. The maximum absolute atomic E-state index is 13.5. The zero-order valence-electron chi connectivity index (χ0n) is 21.0. The molecule has 1 aliphatic heterocycles. The molecule has 2 amide bonds. The number of hydrogen-bond acceptors (Lipinski definition) is 5. The Morgan fingerprint density at radius 1 is 1.03 bits per heavy atom. The van der Waals surface area contributed by atoms with Gasteiger partial charge in [0.1, 0.15) is 11.6 Å². The van der Waals surface area contributed by atoms with Crippen LogP contribution in [0.2, 0.25) is 0 Å². The molecule has 3 unspecified atom stereocenters. The van der Waals surface area contributed by atoms with Crippen molar-refractivity contribution in [2.75, 3.05) is 6.54 Å². The number of hydrogen-bond donors (Lipinski definition) is 2. The predicted molar refractivity (Wildman–Crippen MR) is 142 cm³/mol. The van der Waals surface area contributed by atoms with E-state index in [4.69, 9.17) is 5.73 Å². The standard InChI is InChI=1S/C29H32N6O2/c1-34-26-15-13-21(16-25(26)32-33-34)18-31-28(36)27-17-23(22-10-6-3-7-11-22)19-35(27)29(37)24(30)14-12-20-8-4-2-5-9-20/h2-11,13,15-16,23-24,27H,12,14,17-19,30H2,1H3,(H,31,36). The third-order valence-corrected chi connectivity index (χ3v) is 7.20. The molecule has 0 spiro atoms. The average molecular weight is 497 g/mol. The van der Waals surface area contributed by atoms with Crippen molar-refractivity contribution >= 4 is 22.8 Å². The monoisotopic (exact) mass is 496 g/mol. The van der Waals surface area contributed by atoms with Crippen LogP contribution in [0.1, 0.15) is 35.4 Å². The number of nitrogens with one attached hydrogen (secondary N) is 1. The summed E-state index contributed by atoms with van der Waals surface area (Å²) in [5.41, 5.74) is 11.3. The van der Waals surface area contributed by atoms with Crippen LogP contribution in [0.25, 0.3) is 11.0 Å². The number of carbonyl (C=O) groups excluding carboxylic acids is 2. The molecule has 1 aromatic heterocycles.